The second kappa shape index (κ2) is 5.68. The van der Waals surface area contributed by atoms with Gasteiger partial charge in [-0.25, -0.2) is 0 Å². The molecule has 2 heteroatoms. The number of hydrogen-bond acceptors (Lipinski definition) is 2. The summed E-state index contributed by atoms with van der Waals surface area (Å²) in [5.74, 6) is 2.83. The van der Waals surface area contributed by atoms with E-state index in [1.165, 1.54) is 12.8 Å². The van der Waals surface area contributed by atoms with E-state index in [0.29, 0.717) is 12.1 Å². The Morgan fingerprint density at radius 2 is 2.21 bits per heavy atom. The molecule has 0 radical (unpaired) electrons. The lowest BCUT2D eigenvalue weighted by Crippen LogP contribution is -2.42. The van der Waals surface area contributed by atoms with Gasteiger partial charge in [0.25, 0.3) is 0 Å². The molecule has 1 aliphatic carbocycles. The van der Waals surface area contributed by atoms with Gasteiger partial charge >= 0.3 is 0 Å². The molecule has 0 aliphatic heterocycles. The fourth-order valence-corrected chi connectivity index (χ4v) is 2.09. The van der Waals surface area contributed by atoms with E-state index >= 15 is 0 Å². The normalized spacial score (nSPS) is 28.8. The van der Waals surface area contributed by atoms with Crippen LogP contribution in [0.5, 0.6) is 0 Å². The molecule has 3 unspecified atom stereocenters. The van der Waals surface area contributed by atoms with Crippen molar-refractivity contribution in [1.29, 1.82) is 5.26 Å². The Balaban J connectivity index is 2.41. The average molecular weight is 190 g/mol. The van der Waals surface area contributed by atoms with Crippen molar-refractivity contribution < 1.29 is 0 Å². The maximum absolute atomic E-state index is 8.97. The van der Waals surface area contributed by atoms with Crippen LogP contribution in [-0.2, 0) is 0 Å². The third-order valence-corrected chi connectivity index (χ3v) is 2.85. The van der Waals surface area contributed by atoms with Gasteiger partial charge in [0.1, 0.15) is 0 Å². The Hall–Kier alpha value is -0.990. The summed E-state index contributed by atoms with van der Waals surface area (Å²) in [7, 11) is 0. The fraction of sp³-hybridized carbons (Fsp3) is 0.750. The number of terminal acetylenes is 1. The predicted molar refractivity (Wildman–Crippen MR) is 57.4 cm³/mol. The minimum absolute atomic E-state index is 0.184. The van der Waals surface area contributed by atoms with Crippen LogP contribution in [-0.4, -0.2) is 12.1 Å². The smallest absolute Gasteiger partial charge is 0.0672 e. The van der Waals surface area contributed by atoms with E-state index in [9.17, 15) is 0 Å². The van der Waals surface area contributed by atoms with Gasteiger partial charge in [-0.05, 0) is 19.8 Å². The molecule has 1 fully saturated rings. The Kier molecular flexibility index (Phi) is 4.50. The minimum atomic E-state index is 0.184. The highest BCUT2D eigenvalue weighted by molar-refractivity contribution is 4.97. The topological polar surface area (TPSA) is 35.8 Å². The van der Waals surface area contributed by atoms with Gasteiger partial charge in [-0.2, -0.15) is 5.26 Å². The lowest BCUT2D eigenvalue weighted by atomic mass is 9.85. The average Bonchev–Trinajstić information content (AvgIpc) is 2.19. The van der Waals surface area contributed by atoms with Crippen LogP contribution in [0.2, 0.25) is 0 Å². The Bertz CT molecular complexity index is 246. The van der Waals surface area contributed by atoms with E-state index in [4.69, 9.17) is 11.7 Å². The summed E-state index contributed by atoms with van der Waals surface area (Å²) in [6, 6.07) is 3.08. The molecule has 1 N–H and O–H groups in total. The van der Waals surface area contributed by atoms with Crippen molar-refractivity contribution in [2.45, 2.75) is 51.1 Å². The summed E-state index contributed by atoms with van der Waals surface area (Å²) < 4.78 is 0. The molecule has 0 aromatic heterocycles. The molecule has 0 saturated heterocycles. The number of rotatable bonds is 3. The predicted octanol–water partition coefficient (Wildman–Crippen LogP) is 2.07. The van der Waals surface area contributed by atoms with Crippen molar-refractivity contribution >= 4 is 0 Å². The molecule has 0 spiro atoms. The quantitative estimate of drug-likeness (QED) is 0.691. The second-order valence-electron chi connectivity index (χ2n) is 4.10. The van der Waals surface area contributed by atoms with Crippen LogP contribution in [0.1, 0.15) is 39.0 Å². The van der Waals surface area contributed by atoms with Gasteiger partial charge in [0.05, 0.1) is 12.0 Å². The van der Waals surface area contributed by atoms with Crippen LogP contribution in [0.3, 0.4) is 0 Å². The molecule has 0 aromatic carbocycles. The highest BCUT2D eigenvalue weighted by atomic mass is 14.9. The molecule has 76 valence electrons. The number of nitrogens with one attached hydrogen (secondary N) is 1. The first kappa shape index (κ1) is 11.1. The van der Waals surface area contributed by atoms with Crippen molar-refractivity contribution in [3.05, 3.63) is 0 Å². The summed E-state index contributed by atoms with van der Waals surface area (Å²) in [6.07, 6.45) is 10.6. The standard InChI is InChI=1S/C12H18N2/c1-3-6-10(2)14-12-8-5-4-7-11(12)9-13/h1,10-12,14H,4-8H2,2H3. The maximum atomic E-state index is 8.97. The zero-order valence-corrected chi connectivity index (χ0v) is 8.79. The Morgan fingerprint density at radius 1 is 1.50 bits per heavy atom. The molecule has 2 nitrogen and oxygen atoms in total. The van der Waals surface area contributed by atoms with E-state index in [0.717, 1.165) is 19.3 Å². The molecule has 1 saturated carbocycles. The molecular formula is C12H18N2. The van der Waals surface area contributed by atoms with Crippen LogP contribution in [0.25, 0.3) is 0 Å². The summed E-state index contributed by atoms with van der Waals surface area (Å²) >= 11 is 0. The molecule has 0 aromatic rings. The molecule has 3 atom stereocenters. The van der Waals surface area contributed by atoms with Gasteiger partial charge in [0.2, 0.25) is 0 Å². The van der Waals surface area contributed by atoms with Crippen molar-refractivity contribution in [3.8, 4) is 18.4 Å². The van der Waals surface area contributed by atoms with Crippen LogP contribution < -0.4 is 5.32 Å². The summed E-state index contributed by atoms with van der Waals surface area (Å²) in [5, 5.41) is 12.4. The van der Waals surface area contributed by atoms with Crippen LogP contribution >= 0.6 is 0 Å². The van der Waals surface area contributed by atoms with Crippen molar-refractivity contribution in [2.24, 2.45) is 5.92 Å². The van der Waals surface area contributed by atoms with Crippen LogP contribution in [0, 0.1) is 29.6 Å². The summed E-state index contributed by atoms with van der Waals surface area (Å²) in [4.78, 5) is 0. The van der Waals surface area contributed by atoms with Gasteiger partial charge in [0, 0.05) is 18.5 Å². The van der Waals surface area contributed by atoms with Gasteiger partial charge in [0.15, 0.2) is 0 Å². The molecule has 0 bridgehead atoms. The second-order valence-corrected chi connectivity index (χ2v) is 4.10. The number of nitriles is 1. The maximum Gasteiger partial charge on any atom is 0.0672 e. The lowest BCUT2D eigenvalue weighted by molar-refractivity contribution is 0.292. The van der Waals surface area contributed by atoms with Gasteiger partial charge < -0.3 is 5.32 Å². The van der Waals surface area contributed by atoms with Gasteiger partial charge in [-0.1, -0.05) is 12.8 Å². The number of nitrogens with zero attached hydrogens (tertiary/aromatic N) is 1. The van der Waals surface area contributed by atoms with E-state index < -0.39 is 0 Å². The molecule has 0 heterocycles. The highest BCUT2D eigenvalue weighted by Gasteiger charge is 2.25. The lowest BCUT2D eigenvalue weighted by Gasteiger charge is -2.29. The van der Waals surface area contributed by atoms with Crippen molar-refractivity contribution in [3.63, 3.8) is 0 Å². The summed E-state index contributed by atoms with van der Waals surface area (Å²) in [6.45, 7) is 2.09. The highest BCUT2D eigenvalue weighted by Crippen LogP contribution is 2.24. The zero-order valence-electron chi connectivity index (χ0n) is 8.79. The molecule has 1 aliphatic rings. The molecule has 0 amide bonds. The first-order valence-electron chi connectivity index (χ1n) is 5.37. The number of hydrogen-bond donors (Lipinski definition) is 1. The van der Waals surface area contributed by atoms with Crippen LogP contribution in [0.15, 0.2) is 0 Å². The van der Waals surface area contributed by atoms with Gasteiger partial charge in [-0.3, -0.25) is 0 Å². The minimum Gasteiger partial charge on any atom is -0.309 e. The third-order valence-electron chi connectivity index (χ3n) is 2.85. The van der Waals surface area contributed by atoms with Crippen LogP contribution in [0.4, 0.5) is 0 Å². The first-order valence-corrected chi connectivity index (χ1v) is 5.37. The first-order chi connectivity index (χ1) is 6.77. The monoisotopic (exact) mass is 190 g/mol. The Morgan fingerprint density at radius 3 is 2.86 bits per heavy atom. The van der Waals surface area contributed by atoms with Crippen molar-refractivity contribution in [1.82, 2.24) is 5.32 Å². The van der Waals surface area contributed by atoms with E-state index in [2.05, 4.69) is 24.2 Å². The van der Waals surface area contributed by atoms with E-state index in [-0.39, 0.29) is 5.92 Å². The fourth-order valence-electron chi connectivity index (χ4n) is 2.09. The van der Waals surface area contributed by atoms with Gasteiger partial charge in [-0.15, -0.1) is 12.3 Å². The largest absolute Gasteiger partial charge is 0.309 e. The third kappa shape index (κ3) is 3.05. The molecule has 1 rings (SSSR count). The van der Waals surface area contributed by atoms with Crippen molar-refractivity contribution in [2.75, 3.05) is 0 Å². The zero-order chi connectivity index (χ0) is 10.4. The van der Waals surface area contributed by atoms with E-state index in [1.807, 2.05) is 0 Å². The molecule has 14 heavy (non-hydrogen) atoms. The molecular weight excluding hydrogens is 172 g/mol. The SMILES string of the molecule is C#CCC(C)NC1CCCCC1C#N. The summed E-state index contributed by atoms with van der Waals surface area (Å²) in [5.41, 5.74) is 0. The Labute approximate surface area is 86.7 Å². The van der Waals surface area contributed by atoms with E-state index in [1.54, 1.807) is 0 Å².